The van der Waals surface area contributed by atoms with Crippen molar-refractivity contribution in [2.75, 3.05) is 30.7 Å². The van der Waals surface area contributed by atoms with E-state index in [1.165, 1.54) is 12.1 Å². The second kappa shape index (κ2) is 9.51. The maximum atomic E-state index is 12.9. The number of nitrogens with one attached hydrogen (secondary N) is 1. The van der Waals surface area contributed by atoms with Crippen molar-refractivity contribution in [3.8, 4) is 0 Å². The normalized spacial score (nSPS) is 18.2. The van der Waals surface area contributed by atoms with Crippen molar-refractivity contribution in [1.82, 2.24) is 9.80 Å². The van der Waals surface area contributed by atoms with Gasteiger partial charge in [-0.2, -0.15) is 13.2 Å². The summed E-state index contributed by atoms with van der Waals surface area (Å²) >= 11 is 1.73. The number of carbonyl (C=O) groups excluding carboxylic acids is 2. The molecule has 2 aliphatic rings. The molecule has 2 aromatic rings. The summed E-state index contributed by atoms with van der Waals surface area (Å²) in [6, 6.07) is 13.8. The van der Waals surface area contributed by atoms with Gasteiger partial charge in [-0.3, -0.25) is 4.79 Å². The third kappa shape index (κ3) is 5.35. The number of hydrogen-bond donors (Lipinski definition) is 1. The van der Waals surface area contributed by atoms with Crippen LogP contribution in [0.2, 0.25) is 0 Å². The zero-order valence-electron chi connectivity index (χ0n) is 17.8. The molecular formula is C24H24F3N3O2S. The highest BCUT2D eigenvalue weighted by Gasteiger charge is 2.46. The molecule has 2 heterocycles. The van der Waals surface area contributed by atoms with Crippen LogP contribution >= 0.6 is 11.8 Å². The van der Waals surface area contributed by atoms with Crippen LogP contribution in [-0.4, -0.2) is 52.0 Å². The van der Waals surface area contributed by atoms with Gasteiger partial charge in [0.05, 0.1) is 10.4 Å². The number of nitrogens with zero attached hydrogens (tertiary/aromatic N) is 2. The van der Waals surface area contributed by atoms with E-state index >= 15 is 0 Å². The van der Waals surface area contributed by atoms with E-state index in [0.717, 1.165) is 23.4 Å². The Kier molecular flexibility index (Phi) is 6.69. The molecule has 2 fully saturated rings. The number of likely N-dealkylation sites (tertiary alicyclic amines) is 1. The molecule has 0 unspecified atom stereocenters. The zero-order chi connectivity index (χ0) is 23.5. The van der Waals surface area contributed by atoms with Crippen LogP contribution in [0, 0.1) is 0 Å². The lowest BCUT2D eigenvalue weighted by molar-refractivity contribution is -0.137. The summed E-state index contributed by atoms with van der Waals surface area (Å²) in [5.74, 6) is 0.784. The summed E-state index contributed by atoms with van der Waals surface area (Å²) in [5.41, 5.74) is 0.249. The SMILES string of the molecule is O=C(Nc1cccc(C(F)(F)F)c1)N1CCC2(CC1)SCCN2C(=O)/C=C/c1ccccc1. The molecule has 2 aromatic carbocycles. The van der Waals surface area contributed by atoms with Crippen molar-refractivity contribution in [2.45, 2.75) is 23.9 Å². The second-order valence-electron chi connectivity index (χ2n) is 8.02. The van der Waals surface area contributed by atoms with Crippen LogP contribution < -0.4 is 5.32 Å². The molecular weight excluding hydrogens is 451 g/mol. The molecule has 0 atom stereocenters. The molecule has 0 bridgehead atoms. The number of carbonyl (C=O) groups is 2. The highest BCUT2D eigenvalue weighted by Crippen LogP contribution is 2.44. The Balaban J connectivity index is 1.36. The third-order valence-electron chi connectivity index (χ3n) is 5.93. The van der Waals surface area contributed by atoms with Crippen molar-refractivity contribution >= 4 is 35.5 Å². The predicted molar refractivity (Wildman–Crippen MR) is 124 cm³/mol. The van der Waals surface area contributed by atoms with Gasteiger partial charge in [0, 0.05) is 37.2 Å². The van der Waals surface area contributed by atoms with Gasteiger partial charge in [-0.25, -0.2) is 4.79 Å². The molecule has 0 radical (unpaired) electrons. The fourth-order valence-corrected chi connectivity index (χ4v) is 5.65. The summed E-state index contributed by atoms with van der Waals surface area (Å²) in [4.78, 5) is 28.7. The summed E-state index contributed by atoms with van der Waals surface area (Å²) in [7, 11) is 0. The van der Waals surface area contributed by atoms with Gasteiger partial charge in [-0.15, -0.1) is 11.8 Å². The minimum absolute atomic E-state index is 0.0503. The maximum absolute atomic E-state index is 12.9. The van der Waals surface area contributed by atoms with E-state index in [1.54, 1.807) is 28.8 Å². The minimum Gasteiger partial charge on any atom is -0.324 e. The number of amides is 3. The molecule has 2 aliphatic heterocycles. The Morgan fingerprint density at radius 3 is 2.42 bits per heavy atom. The monoisotopic (exact) mass is 475 g/mol. The Morgan fingerprint density at radius 2 is 1.73 bits per heavy atom. The van der Waals surface area contributed by atoms with Crippen molar-refractivity contribution in [1.29, 1.82) is 0 Å². The molecule has 33 heavy (non-hydrogen) atoms. The molecule has 2 saturated heterocycles. The number of benzene rings is 2. The average molecular weight is 476 g/mol. The highest BCUT2D eigenvalue weighted by molar-refractivity contribution is 8.00. The molecule has 4 rings (SSSR count). The maximum Gasteiger partial charge on any atom is 0.416 e. The lowest BCUT2D eigenvalue weighted by Gasteiger charge is -2.43. The quantitative estimate of drug-likeness (QED) is 0.612. The number of rotatable bonds is 3. The first-order valence-electron chi connectivity index (χ1n) is 10.7. The first-order valence-corrected chi connectivity index (χ1v) is 11.7. The van der Waals surface area contributed by atoms with E-state index in [9.17, 15) is 22.8 Å². The first kappa shape index (κ1) is 23.2. The van der Waals surface area contributed by atoms with Gasteiger partial charge in [0.25, 0.3) is 0 Å². The van der Waals surface area contributed by atoms with Crippen LogP contribution in [0.5, 0.6) is 0 Å². The van der Waals surface area contributed by atoms with Gasteiger partial charge >= 0.3 is 12.2 Å². The first-order chi connectivity index (χ1) is 15.8. The largest absolute Gasteiger partial charge is 0.416 e. The van der Waals surface area contributed by atoms with Gasteiger partial charge in [0.15, 0.2) is 0 Å². The predicted octanol–water partition coefficient (Wildman–Crippen LogP) is 5.32. The molecule has 1 N–H and O–H groups in total. The number of alkyl halides is 3. The average Bonchev–Trinajstić information content (AvgIpc) is 3.21. The standard InChI is InChI=1S/C24H24F3N3O2S/c25-24(26,27)19-7-4-8-20(17-19)28-22(32)29-13-11-23(12-14-29)30(15-16-33-23)21(31)10-9-18-5-2-1-3-6-18/h1-10,17H,11-16H2,(H,28,32)/b10-9+. The van der Waals surface area contributed by atoms with E-state index in [1.807, 2.05) is 35.2 Å². The molecule has 5 nitrogen and oxygen atoms in total. The Morgan fingerprint density at radius 1 is 1.00 bits per heavy atom. The second-order valence-corrected chi connectivity index (χ2v) is 9.48. The number of piperidine rings is 1. The molecule has 3 amide bonds. The number of anilines is 1. The summed E-state index contributed by atoms with van der Waals surface area (Å²) < 4.78 is 38.8. The van der Waals surface area contributed by atoms with E-state index in [2.05, 4.69) is 5.32 Å². The van der Waals surface area contributed by atoms with Crippen LogP contribution in [0.25, 0.3) is 6.08 Å². The smallest absolute Gasteiger partial charge is 0.324 e. The van der Waals surface area contributed by atoms with E-state index in [0.29, 0.717) is 32.5 Å². The molecule has 174 valence electrons. The fraction of sp³-hybridized carbons (Fsp3) is 0.333. The number of thioether (sulfide) groups is 1. The molecule has 0 aliphatic carbocycles. The van der Waals surface area contributed by atoms with Crippen molar-refractivity contribution in [3.05, 3.63) is 71.8 Å². The van der Waals surface area contributed by atoms with Crippen molar-refractivity contribution in [3.63, 3.8) is 0 Å². The van der Waals surface area contributed by atoms with Crippen LogP contribution in [-0.2, 0) is 11.0 Å². The van der Waals surface area contributed by atoms with Crippen LogP contribution in [0.4, 0.5) is 23.7 Å². The van der Waals surface area contributed by atoms with Crippen molar-refractivity contribution < 1.29 is 22.8 Å². The Hall–Kier alpha value is -2.94. The Labute approximate surface area is 194 Å². The van der Waals surface area contributed by atoms with Gasteiger partial charge in [0.2, 0.25) is 5.91 Å². The Bertz CT molecular complexity index is 1030. The summed E-state index contributed by atoms with van der Waals surface area (Å²) in [5, 5.41) is 2.56. The minimum atomic E-state index is -4.47. The van der Waals surface area contributed by atoms with Crippen molar-refractivity contribution in [2.24, 2.45) is 0 Å². The number of urea groups is 1. The number of hydrogen-bond acceptors (Lipinski definition) is 3. The van der Waals surface area contributed by atoms with Gasteiger partial charge in [0.1, 0.15) is 0 Å². The van der Waals surface area contributed by atoms with E-state index in [-0.39, 0.29) is 16.5 Å². The summed E-state index contributed by atoms with van der Waals surface area (Å²) in [6.45, 7) is 1.49. The molecule has 1 spiro atoms. The lowest BCUT2D eigenvalue weighted by atomic mass is 10.0. The van der Waals surface area contributed by atoms with Crippen LogP contribution in [0.3, 0.4) is 0 Å². The van der Waals surface area contributed by atoms with E-state index < -0.39 is 17.8 Å². The number of halogens is 3. The van der Waals surface area contributed by atoms with Gasteiger partial charge < -0.3 is 15.1 Å². The van der Waals surface area contributed by atoms with Gasteiger partial charge in [-0.05, 0) is 42.7 Å². The molecule has 9 heteroatoms. The zero-order valence-corrected chi connectivity index (χ0v) is 18.7. The third-order valence-corrected chi connectivity index (χ3v) is 7.49. The lowest BCUT2D eigenvalue weighted by Crippen LogP contribution is -2.53. The summed E-state index contributed by atoms with van der Waals surface area (Å²) in [6.07, 6.45) is 0.145. The van der Waals surface area contributed by atoms with Crippen LogP contribution in [0.1, 0.15) is 24.0 Å². The molecule has 0 saturated carbocycles. The highest BCUT2D eigenvalue weighted by atomic mass is 32.2. The molecule has 0 aromatic heterocycles. The topological polar surface area (TPSA) is 52.7 Å². The van der Waals surface area contributed by atoms with Crippen LogP contribution in [0.15, 0.2) is 60.7 Å². The van der Waals surface area contributed by atoms with E-state index in [4.69, 9.17) is 0 Å². The fourth-order valence-electron chi connectivity index (χ4n) is 4.19. The van der Waals surface area contributed by atoms with Gasteiger partial charge in [-0.1, -0.05) is 36.4 Å².